The van der Waals surface area contributed by atoms with Gasteiger partial charge in [0.15, 0.2) is 0 Å². The zero-order valence-electron chi connectivity index (χ0n) is 6.04. The molecule has 3 nitrogen and oxygen atoms in total. The minimum absolute atomic E-state index is 0.274. The van der Waals surface area contributed by atoms with Gasteiger partial charge in [0.25, 0.3) is 0 Å². The fourth-order valence-corrected chi connectivity index (χ4v) is 0.579. The minimum Gasteiger partial charge on any atom is -0.388 e. The Bertz CT molecular complexity index is 56.1. The van der Waals surface area contributed by atoms with Crippen molar-refractivity contribution in [2.24, 2.45) is 0 Å². The van der Waals surface area contributed by atoms with Crippen LogP contribution in [0.1, 0.15) is 13.8 Å². The highest BCUT2D eigenvalue weighted by Gasteiger charge is 1.99. The van der Waals surface area contributed by atoms with Gasteiger partial charge in [-0.25, -0.2) is 0 Å². The molecule has 0 saturated heterocycles. The maximum atomic E-state index is 8.75. The lowest BCUT2D eigenvalue weighted by Gasteiger charge is -2.04. The number of rotatable bonds is 4. The molecule has 0 aromatic heterocycles. The van der Waals surface area contributed by atoms with Crippen LogP contribution in [-0.2, 0) is 0 Å². The molecular weight excluding hydrogens is 118 g/mol. The minimum atomic E-state index is -0.274. The molecule has 0 radical (unpaired) electrons. The maximum Gasteiger partial charge on any atom is 0.102 e. The van der Waals surface area contributed by atoms with Crippen LogP contribution in [0, 0.1) is 0 Å². The lowest BCUT2D eigenvalue weighted by Crippen LogP contribution is -2.88. The van der Waals surface area contributed by atoms with Crippen LogP contribution < -0.4 is 5.32 Å². The number of quaternary nitrogens is 1. The van der Waals surface area contributed by atoms with Gasteiger partial charge in [0, 0.05) is 0 Å². The first-order valence-corrected chi connectivity index (χ1v) is 3.30. The van der Waals surface area contributed by atoms with Gasteiger partial charge < -0.3 is 15.5 Å². The molecule has 0 aromatic rings. The molecule has 0 heterocycles. The number of hydrogen-bond acceptors (Lipinski definition) is 2. The molecule has 3 heteroatoms. The Balaban J connectivity index is 2.91. The van der Waals surface area contributed by atoms with E-state index in [2.05, 4.69) is 0 Å². The quantitative estimate of drug-likeness (QED) is 0.430. The number of hydrogen-bond donors (Lipinski definition) is 3. The van der Waals surface area contributed by atoms with E-state index in [1.807, 2.05) is 5.32 Å². The number of aliphatic hydroxyl groups excluding tert-OH is 2. The lowest BCUT2D eigenvalue weighted by molar-refractivity contribution is -0.665. The van der Waals surface area contributed by atoms with E-state index in [1.165, 1.54) is 0 Å². The van der Waals surface area contributed by atoms with E-state index in [0.717, 1.165) is 0 Å². The van der Waals surface area contributed by atoms with E-state index in [1.54, 1.807) is 13.8 Å². The van der Waals surface area contributed by atoms with Gasteiger partial charge in [-0.3, -0.25) is 0 Å². The predicted octanol–water partition coefficient (Wildman–Crippen LogP) is -1.69. The van der Waals surface area contributed by atoms with Crippen LogP contribution in [0.4, 0.5) is 0 Å². The normalized spacial score (nSPS) is 17.3. The summed E-state index contributed by atoms with van der Waals surface area (Å²) in [6, 6.07) is 0. The Hall–Kier alpha value is -0.120. The average Bonchev–Trinajstić information content (AvgIpc) is 1.63. The molecule has 0 fully saturated rings. The van der Waals surface area contributed by atoms with Crippen LogP contribution in [0.25, 0.3) is 0 Å². The summed E-state index contributed by atoms with van der Waals surface area (Å²) >= 11 is 0. The third-order valence-electron chi connectivity index (χ3n) is 1.02. The van der Waals surface area contributed by atoms with E-state index >= 15 is 0 Å². The van der Waals surface area contributed by atoms with Crippen molar-refractivity contribution in [2.75, 3.05) is 13.1 Å². The second-order valence-corrected chi connectivity index (χ2v) is 2.46. The standard InChI is InChI=1S/C6H15NO2/c1-5(8)3-7-4-6(2)9/h5-9H,3-4H2,1-2H3/p+1/t5-,6+. The van der Waals surface area contributed by atoms with Crippen molar-refractivity contribution >= 4 is 0 Å². The summed E-state index contributed by atoms with van der Waals surface area (Å²) in [5, 5.41) is 19.4. The second kappa shape index (κ2) is 4.73. The highest BCUT2D eigenvalue weighted by atomic mass is 16.3. The molecule has 2 atom stereocenters. The molecule has 0 aliphatic carbocycles. The smallest absolute Gasteiger partial charge is 0.102 e. The van der Waals surface area contributed by atoms with Crippen molar-refractivity contribution in [3.63, 3.8) is 0 Å². The molecule has 0 aliphatic rings. The van der Waals surface area contributed by atoms with Crippen molar-refractivity contribution in [2.45, 2.75) is 26.1 Å². The summed E-state index contributed by atoms with van der Waals surface area (Å²) in [7, 11) is 0. The van der Waals surface area contributed by atoms with E-state index < -0.39 is 0 Å². The van der Waals surface area contributed by atoms with Crippen LogP contribution in [0.15, 0.2) is 0 Å². The second-order valence-electron chi connectivity index (χ2n) is 2.46. The van der Waals surface area contributed by atoms with Crippen molar-refractivity contribution in [1.29, 1.82) is 0 Å². The lowest BCUT2D eigenvalue weighted by atomic mass is 10.3. The van der Waals surface area contributed by atoms with Crippen LogP contribution in [0.2, 0.25) is 0 Å². The molecule has 9 heavy (non-hydrogen) atoms. The predicted molar refractivity (Wildman–Crippen MR) is 35.0 cm³/mol. The van der Waals surface area contributed by atoms with Crippen LogP contribution in [-0.4, -0.2) is 35.5 Å². The van der Waals surface area contributed by atoms with Gasteiger partial charge in [0.05, 0.1) is 12.2 Å². The molecule has 0 aromatic carbocycles. The van der Waals surface area contributed by atoms with Crippen molar-refractivity contribution in [3.05, 3.63) is 0 Å². The third-order valence-corrected chi connectivity index (χ3v) is 1.02. The molecule has 0 amide bonds. The zero-order valence-corrected chi connectivity index (χ0v) is 6.04. The molecule has 0 spiro atoms. The Morgan fingerprint density at radius 1 is 1.11 bits per heavy atom. The van der Waals surface area contributed by atoms with E-state index in [-0.39, 0.29) is 12.2 Å². The molecular formula is C6H16NO2+. The molecule has 56 valence electrons. The van der Waals surface area contributed by atoms with Crippen molar-refractivity contribution in [1.82, 2.24) is 0 Å². The first kappa shape index (κ1) is 8.88. The first-order chi connectivity index (χ1) is 4.13. The van der Waals surface area contributed by atoms with E-state index in [9.17, 15) is 0 Å². The SMILES string of the molecule is C[C@H](O)C[NH2+]C[C@@H](C)O. The first-order valence-electron chi connectivity index (χ1n) is 3.30. The van der Waals surface area contributed by atoms with Gasteiger partial charge in [-0.05, 0) is 13.8 Å². The largest absolute Gasteiger partial charge is 0.388 e. The monoisotopic (exact) mass is 134 g/mol. The van der Waals surface area contributed by atoms with Crippen LogP contribution in [0.5, 0.6) is 0 Å². The van der Waals surface area contributed by atoms with Gasteiger partial charge in [-0.15, -0.1) is 0 Å². The fourth-order valence-electron chi connectivity index (χ4n) is 0.579. The number of nitrogens with two attached hydrogens (primary N) is 1. The summed E-state index contributed by atoms with van der Waals surface area (Å²) in [6.45, 7) is 4.81. The van der Waals surface area contributed by atoms with E-state index in [4.69, 9.17) is 10.2 Å². The molecule has 0 rings (SSSR count). The van der Waals surface area contributed by atoms with Crippen LogP contribution >= 0.6 is 0 Å². The van der Waals surface area contributed by atoms with Gasteiger partial charge in [0.2, 0.25) is 0 Å². The number of aliphatic hydroxyl groups is 2. The Morgan fingerprint density at radius 3 is 1.67 bits per heavy atom. The Labute approximate surface area is 55.7 Å². The van der Waals surface area contributed by atoms with Gasteiger partial charge in [0.1, 0.15) is 13.1 Å². The maximum absolute atomic E-state index is 8.75. The fraction of sp³-hybridized carbons (Fsp3) is 1.00. The topological polar surface area (TPSA) is 57.1 Å². The van der Waals surface area contributed by atoms with Gasteiger partial charge in [-0.2, -0.15) is 0 Å². The van der Waals surface area contributed by atoms with Gasteiger partial charge in [-0.1, -0.05) is 0 Å². The molecule has 4 N–H and O–H groups in total. The molecule has 0 unspecified atom stereocenters. The van der Waals surface area contributed by atoms with Gasteiger partial charge >= 0.3 is 0 Å². The Kier molecular flexibility index (Phi) is 4.67. The summed E-state index contributed by atoms with van der Waals surface area (Å²) in [4.78, 5) is 0. The zero-order chi connectivity index (χ0) is 7.28. The molecule has 0 saturated carbocycles. The Morgan fingerprint density at radius 2 is 1.44 bits per heavy atom. The average molecular weight is 134 g/mol. The third kappa shape index (κ3) is 7.88. The van der Waals surface area contributed by atoms with E-state index in [0.29, 0.717) is 13.1 Å². The summed E-state index contributed by atoms with van der Waals surface area (Å²) in [5.41, 5.74) is 0. The summed E-state index contributed by atoms with van der Waals surface area (Å²) < 4.78 is 0. The highest BCUT2D eigenvalue weighted by Crippen LogP contribution is 1.70. The van der Waals surface area contributed by atoms with Crippen LogP contribution in [0.3, 0.4) is 0 Å². The summed E-state index contributed by atoms with van der Waals surface area (Å²) in [6.07, 6.45) is -0.549. The summed E-state index contributed by atoms with van der Waals surface area (Å²) in [5.74, 6) is 0. The van der Waals surface area contributed by atoms with Crippen molar-refractivity contribution in [3.8, 4) is 0 Å². The molecule has 0 bridgehead atoms. The van der Waals surface area contributed by atoms with Crippen molar-refractivity contribution < 1.29 is 15.5 Å². The highest BCUT2D eigenvalue weighted by molar-refractivity contribution is 4.39. The molecule has 0 aliphatic heterocycles.